The quantitative estimate of drug-likeness (QED) is 0.402. The maximum absolute atomic E-state index is 12.4. The van der Waals surface area contributed by atoms with E-state index in [1.54, 1.807) is 6.07 Å². The van der Waals surface area contributed by atoms with Gasteiger partial charge in [0.25, 0.3) is 11.6 Å². The molecule has 7 heteroatoms. The van der Waals surface area contributed by atoms with Crippen LogP contribution >= 0.6 is 0 Å². The molecule has 1 heterocycles. The average Bonchev–Trinajstić information content (AvgIpc) is 3.15. The molecule has 7 nitrogen and oxygen atoms in total. The van der Waals surface area contributed by atoms with Gasteiger partial charge in [-0.15, -0.1) is 0 Å². The van der Waals surface area contributed by atoms with E-state index in [4.69, 9.17) is 0 Å². The van der Waals surface area contributed by atoms with Crippen molar-refractivity contribution in [2.45, 2.75) is 13.1 Å². The molecule has 0 fully saturated rings. The van der Waals surface area contributed by atoms with Gasteiger partial charge in [-0.05, 0) is 29.3 Å². The summed E-state index contributed by atoms with van der Waals surface area (Å²) < 4.78 is 2.07. The maximum atomic E-state index is 12.4. The van der Waals surface area contributed by atoms with Crippen LogP contribution in [-0.4, -0.2) is 20.4 Å². The van der Waals surface area contributed by atoms with Crippen molar-refractivity contribution in [3.05, 3.63) is 106 Å². The van der Waals surface area contributed by atoms with Crippen molar-refractivity contribution in [3.8, 4) is 0 Å². The second-order valence-corrected chi connectivity index (χ2v) is 6.64. The van der Waals surface area contributed by atoms with Gasteiger partial charge in [-0.25, -0.2) is 4.98 Å². The fraction of sp³-hybridized carbons (Fsp3) is 0.0909. The third-order valence-corrected chi connectivity index (χ3v) is 4.67. The molecule has 0 aliphatic carbocycles. The number of para-hydroxylation sites is 3. The Kier molecular flexibility index (Phi) is 5.03. The third-order valence-electron chi connectivity index (χ3n) is 4.67. The van der Waals surface area contributed by atoms with Crippen molar-refractivity contribution in [2.24, 2.45) is 0 Å². The predicted octanol–water partition coefficient (Wildman–Crippen LogP) is 3.92. The lowest BCUT2D eigenvalue weighted by Crippen LogP contribution is -2.23. The summed E-state index contributed by atoms with van der Waals surface area (Å²) in [6, 6.07) is 21.7. The Bertz CT molecular complexity index is 1200. The molecule has 1 aromatic heterocycles. The molecule has 0 atom stereocenters. The smallest absolute Gasteiger partial charge is 0.282 e. The Morgan fingerprint density at radius 3 is 2.62 bits per heavy atom. The van der Waals surface area contributed by atoms with Crippen LogP contribution in [0.25, 0.3) is 11.0 Å². The van der Waals surface area contributed by atoms with Gasteiger partial charge in [0.15, 0.2) is 0 Å². The Balaban J connectivity index is 1.47. The van der Waals surface area contributed by atoms with Crippen LogP contribution in [0.3, 0.4) is 0 Å². The molecule has 0 saturated carbocycles. The molecule has 1 amide bonds. The summed E-state index contributed by atoms with van der Waals surface area (Å²) in [7, 11) is 0. The first-order chi connectivity index (χ1) is 14.1. The molecule has 4 aromatic rings. The molecule has 0 unspecified atom stereocenters. The van der Waals surface area contributed by atoms with Crippen LogP contribution in [-0.2, 0) is 13.1 Å². The highest BCUT2D eigenvalue weighted by Gasteiger charge is 2.18. The number of carbonyl (C=O) groups is 1. The lowest BCUT2D eigenvalue weighted by atomic mass is 10.1. The van der Waals surface area contributed by atoms with E-state index in [1.165, 1.54) is 18.2 Å². The van der Waals surface area contributed by atoms with E-state index >= 15 is 0 Å². The standard InChI is InChI=1S/C22H18N4O3/c27-22(18-8-1-3-10-20(18)26(28)29)23-13-16-6-5-7-17(12-16)14-25-15-24-19-9-2-4-11-21(19)25/h1-12,15H,13-14H2,(H,23,27). The van der Waals surface area contributed by atoms with Crippen molar-refractivity contribution in [3.63, 3.8) is 0 Å². The summed E-state index contributed by atoms with van der Waals surface area (Å²) in [6.45, 7) is 0.940. The number of nitro groups is 1. The van der Waals surface area contributed by atoms with Crippen LogP contribution in [0.5, 0.6) is 0 Å². The van der Waals surface area contributed by atoms with Gasteiger partial charge in [-0.2, -0.15) is 0 Å². The molecule has 0 spiro atoms. The van der Waals surface area contributed by atoms with Crippen molar-refractivity contribution in [1.29, 1.82) is 0 Å². The zero-order valence-corrected chi connectivity index (χ0v) is 15.5. The van der Waals surface area contributed by atoms with Crippen LogP contribution in [0, 0.1) is 10.1 Å². The van der Waals surface area contributed by atoms with E-state index < -0.39 is 10.8 Å². The average molecular weight is 386 g/mol. The van der Waals surface area contributed by atoms with Gasteiger partial charge in [0.2, 0.25) is 0 Å². The Morgan fingerprint density at radius 1 is 1.00 bits per heavy atom. The monoisotopic (exact) mass is 386 g/mol. The number of aromatic nitrogens is 2. The first-order valence-corrected chi connectivity index (χ1v) is 9.11. The number of imidazole rings is 1. The minimum Gasteiger partial charge on any atom is -0.348 e. The molecule has 1 N–H and O–H groups in total. The SMILES string of the molecule is O=C(NCc1cccc(Cn2cnc3ccccc32)c1)c1ccccc1[N+](=O)[O-]. The number of amides is 1. The van der Waals surface area contributed by atoms with Gasteiger partial charge in [-0.3, -0.25) is 14.9 Å². The number of hydrogen-bond donors (Lipinski definition) is 1. The number of rotatable bonds is 6. The summed E-state index contributed by atoms with van der Waals surface area (Å²) in [6.07, 6.45) is 1.81. The van der Waals surface area contributed by atoms with Crippen LogP contribution < -0.4 is 5.32 Å². The minimum atomic E-state index is -0.551. The van der Waals surface area contributed by atoms with Crippen LogP contribution in [0.4, 0.5) is 5.69 Å². The van der Waals surface area contributed by atoms with Gasteiger partial charge in [-0.1, -0.05) is 48.5 Å². The zero-order chi connectivity index (χ0) is 20.2. The zero-order valence-electron chi connectivity index (χ0n) is 15.5. The van der Waals surface area contributed by atoms with Crippen molar-refractivity contribution >= 4 is 22.6 Å². The highest BCUT2D eigenvalue weighted by atomic mass is 16.6. The Morgan fingerprint density at radius 2 is 1.76 bits per heavy atom. The lowest BCUT2D eigenvalue weighted by Gasteiger charge is -2.09. The first-order valence-electron chi connectivity index (χ1n) is 9.11. The number of carbonyl (C=O) groups excluding carboxylic acids is 1. The largest absolute Gasteiger partial charge is 0.348 e. The van der Waals surface area contributed by atoms with E-state index in [1.807, 2.05) is 54.9 Å². The van der Waals surface area contributed by atoms with Gasteiger partial charge >= 0.3 is 0 Å². The molecule has 3 aromatic carbocycles. The minimum absolute atomic E-state index is 0.0542. The summed E-state index contributed by atoms with van der Waals surface area (Å²) in [5, 5.41) is 13.9. The second-order valence-electron chi connectivity index (χ2n) is 6.64. The van der Waals surface area contributed by atoms with Gasteiger partial charge in [0.05, 0.1) is 22.3 Å². The molecule has 0 aliphatic rings. The summed E-state index contributed by atoms with van der Waals surface area (Å²) in [5.41, 5.74) is 3.84. The van der Waals surface area contributed by atoms with Crippen LogP contribution in [0.2, 0.25) is 0 Å². The summed E-state index contributed by atoms with van der Waals surface area (Å²) >= 11 is 0. The lowest BCUT2D eigenvalue weighted by molar-refractivity contribution is -0.385. The fourth-order valence-electron chi connectivity index (χ4n) is 3.27. The molecule has 144 valence electrons. The van der Waals surface area contributed by atoms with Gasteiger partial charge in [0.1, 0.15) is 5.56 Å². The number of nitrogens with one attached hydrogen (secondary N) is 1. The van der Waals surface area contributed by atoms with Crippen LogP contribution in [0.1, 0.15) is 21.5 Å². The number of hydrogen-bond acceptors (Lipinski definition) is 4. The van der Waals surface area contributed by atoms with Crippen LogP contribution in [0.15, 0.2) is 79.1 Å². The molecule has 0 radical (unpaired) electrons. The van der Waals surface area contributed by atoms with E-state index in [2.05, 4.69) is 14.9 Å². The van der Waals surface area contributed by atoms with Crippen molar-refractivity contribution in [2.75, 3.05) is 0 Å². The first kappa shape index (κ1) is 18.4. The van der Waals surface area contributed by atoms with E-state index in [9.17, 15) is 14.9 Å². The van der Waals surface area contributed by atoms with E-state index in [0.717, 1.165) is 22.2 Å². The highest BCUT2D eigenvalue weighted by molar-refractivity contribution is 5.98. The number of benzene rings is 3. The van der Waals surface area contributed by atoms with Gasteiger partial charge in [0, 0.05) is 19.2 Å². The topological polar surface area (TPSA) is 90.1 Å². The number of nitro benzene ring substituents is 1. The van der Waals surface area contributed by atoms with E-state index in [0.29, 0.717) is 6.54 Å². The summed E-state index contributed by atoms with van der Waals surface area (Å²) in [4.78, 5) is 27.4. The van der Waals surface area contributed by atoms with E-state index in [-0.39, 0.29) is 17.8 Å². The van der Waals surface area contributed by atoms with Crippen molar-refractivity contribution in [1.82, 2.24) is 14.9 Å². The van der Waals surface area contributed by atoms with Gasteiger partial charge < -0.3 is 9.88 Å². The normalized spacial score (nSPS) is 10.8. The third kappa shape index (κ3) is 3.98. The number of nitrogens with zero attached hydrogens (tertiary/aromatic N) is 3. The molecule has 4 rings (SSSR count). The molecular weight excluding hydrogens is 368 g/mol. The molecule has 0 aliphatic heterocycles. The Labute approximate surface area is 166 Å². The molecule has 29 heavy (non-hydrogen) atoms. The molecule has 0 bridgehead atoms. The van der Waals surface area contributed by atoms with Crippen molar-refractivity contribution < 1.29 is 9.72 Å². The molecule has 0 saturated heterocycles. The fourth-order valence-corrected chi connectivity index (χ4v) is 3.27. The maximum Gasteiger partial charge on any atom is 0.282 e. The second kappa shape index (κ2) is 7.93. The Hall–Kier alpha value is -4.00. The summed E-state index contributed by atoms with van der Waals surface area (Å²) in [5.74, 6) is -0.469. The predicted molar refractivity (Wildman–Crippen MR) is 110 cm³/mol. The molecular formula is C22H18N4O3. The highest BCUT2D eigenvalue weighted by Crippen LogP contribution is 2.18. The number of fused-ring (bicyclic) bond motifs is 1.